The summed E-state index contributed by atoms with van der Waals surface area (Å²) in [5.74, 6) is 0. The molecule has 114 valence electrons. The van der Waals surface area contributed by atoms with Gasteiger partial charge in [-0.1, -0.05) is 0 Å². The molecule has 1 aliphatic heterocycles. The summed E-state index contributed by atoms with van der Waals surface area (Å²) in [7, 11) is 1.78. The minimum absolute atomic E-state index is 0.0600. The summed E-state index contributed by atoms with van der Waals surface area (Å²) >= 11 is 0. The number of nitrogens with one attached hydrogen (secondary N) is 1. The van der Waals surface area contributed by atoms with Gasteiger partial charge in [-0.3, -0.25) is 4.90 Å². The Morgan fingerprint density at radius 2 is 1.79 bits per heavy atom. The van der Waals surface area contributed by atoms with Crippen molar-refractivity contribution in [2.75, 3.05) is 40.0 Å². The van der Waals surface area contributed by atoms with Crippen LogP contribution in [0.2, 0.25) is 0 Å². The number of hydrogen-bond acceptors (Lipinski definition) is 4. The zero-order valence-electron chi connectivity index (χ0n) is 13.6. The lowest BCUT2D eigenvalue weighted by Gasteiger charge is -2.42. The molecule has 0 saturated carbocycles. The number of rotatable bonds is 7. The Labute approximate surface area is 118 Å². The van der Waals surface area contributed by atoms with Crippen molar-refractivity contribution in [2.45, 2.75) is 58.2 Å². The van der Waals surface area contributed by atoms with Gasteiger partial charge in [0.05, 0.1) is 18.8 Å². The molecule has 1 heterocycles. The van der Waals surface area contributed by atoms with Crippen molar-refractivity contribution < 1.29 is 9.47 Å². The molecule has 0 aliphatic carbocycles. The molecule has 0 aromatic rings. The summed E-state index contributed by atoms with van der Waals surface area (Å²) in [6.07, 6.45) is 1.02. The van der Waals surface area contributed by atoms with Crippen LogP contribution in [0.25, 0.3) is 0 Å². The first-order valence-corrected chi connectivity index (χ1v) is 7.38. The van der Waals surface area contributed by atoms with Crippen LogP contribution in [0.15, 0.2) is 0 Å². The Morgan fingerprint density at radius 1 is 1.21 bits per heavy atom. The zero-order valence-corrected chi connectivity index (χ0v) is 13.6. The minimum atomic E-state index is -0.0600. The molecule has 0 aromatic carbocycles. The lowest BCUT2D eigenvalue weighted by atomic mass is 9.97. The Morgan fingerprint density at radius 3 is 2.32 bits per heavy atom. The van der Waals surface area contributed by atoms with Crippen molar-refractivity contribution in [2.24, 2.45) is 0 Å². The first kappa shape index (κ1) is 16.9. The monoisotopic (exact) mass is 272 g/mol. The van der Waals surface area contributed by atoms with Gasteiger partial charge in [0, 0.05) is 38.3 Å². The molecule has 0 bridgehead atoms. The molecular weight excluding hydrogens is 240 g/mol. The van der Waals surface area contributed by atoms with Gasteiger partial charge in [-0.25, -0.2) is 0 Å². The Hall–Kier alpha value is -0.160. The van der Waals surface area contributed by atoms with Crippen molar-refractivity contribution in [1.29, 1.82) is 0 Å². The molecule has 0 aromatic heterocycles. The maximum atomic E-state index is 5.49. The van der Waals surface area contributed by atoms with Gasteiger partial charge in [0.2, 0.25) is 0 Å². The van der Waals surface area contributed by atoms with E-state index in [1.807, 2.05) is 0 Å². The smallest absolute Gasteiger partial charge is 0.0637 e. The molecule has 1 unspecified atom stereocenters. The van der Waals surface area contributed by atoms with Crippen molar-refractivity contribution in [3.63, 3.8) is 0 Å². The lowest BCUT2D eigenvalue weighted by Crippen LogP contribution is -2.56. The van der Waals surface area contributed by atoms with Crippen LogP contribution in [0, 0.1) is 0 Å². The van der Waals surface area contributed by atoms with Crippen LogP contribution in [-0.2, 0) is 9.47 Å². The molecule has 1 atom stereocenters. The number of morpholine rings is 1. The van der Waals surface area contributed by atoms with E-state index in [2.05, 4.69) is 44.8 Å². The van der Waals surface area contributed by atoms with E-state index in [4.69, 9.17) is 9.47 Å². The third-order valence-electron chi connectivity index (χ3n) is 4.10. The van der Waals surface area contributed by atoms with Crippen molar-refractivity contribution >= 4 is 0 Å². The van der Waals surface area contributed by atoms with Crippen LogP contribution in [0.4, 0.5) is 0 Å². The van der Waals surface area contributed by atoms with Crippen molar-refractivity contribution in [3.8, 4) is 0 Å². The van der Waals surface area contributed by atoms with Gasteiger partial charge in [0.15, 0.2) is 0 Å². The number of ether oxygens (including phenoxy) is 2. The SMILES string of the molecule is COC(C)(C)CC(C)NCC(C)(C)N1CCOCC1. The van der Waals surface area contributed by atoms with Gasteiger partial charge >= 0.3 is 0 Å². The number of nitrogens with zero attached hydrogens (tertiary/aromatic N) is 1. The normalized spacial score (nSPS) is 20.5. The highest BCUT2D eigenvalue weighted by atomic mass is 16.5. The Kier molecular flexibility index (Phi) is 6.24. The largest absolute Gasteiger partial charge is 0.379 e. The first-order chi connectivity index (χ1) is 8.77. The molecule has 1 N–H and O–H groups in total. The quantitative estimate of drug-likeness (QED) is 0.767. The second kappa shape index (κ2) is 7.02. The fourth-order valence-corrected chi connectivity index (χ4v) is 2.60. The van der Waals surface area contributed by atoms with Gasteiger partial charge in [-0.2, -0.15) is 0 Å². The standard InChI is InChI=1S/C15H32N2O2/c1-13(11-15(4,5)18-6)16-12-14(2,3)17-7-9-19-10-8-17/h13,16H,7-12H2,1-6H3. The predicted octanol–water partition coefficient (Wildman–Crippen LogP) is 1.89. The van der Waals surface area contributed by atoms with Crippen molar-refractivity contribution in [3.05, 3.63) is 0 Å². The molecule has 0 amide bonds. The molecular formula is C15H32N2O2. The van der Waals surface area contributed by atoms with E-state index in [1.54, 1.807) is 7.11 Å². The second-order valence-electron chi connectivity index (χ2n) is 6.86. The summed E-state index contributed by atoms with van der Waals surface area (Å²) in [4.78, 5) is 2.51. The fraction of sp³-hybridized carbons (Fsp3) is 1.00. The molecule has 0 spiro atoms. The highest BCUT2D eigenvalue weighted by molar-refractivity contribution is 4.87. The van der Waals surface area contributed by atoms with E-state index in [1.165, 1.54) is 0 Å². The van der Waals surface area contributed by atoms with Gasteiger partial charge < -0.3 is 14.8 Å². The summed E-state index contributed by atoms with van der Waals surface area (Å²) in [6, 6.07) is 0.454. The van der Waals surface area contributed by atoms with Gasteiger partial charge in [0.1, 0.15) is 0 Å². The van der Waals surface area contributed by atoms with Crippen LogP contribution >= 0.6 is 0 Å². The molecule has 1 saturated heterocycles. The molecule has 4 heteroatoms. The summed E-state index contributed by atoms with van der Waals surface area (Å²) in [5, 5.41) is 3.65. The average Bonchev–Trinajstić information content (AvgIpc) is 2.37. The molecule has 1 aliphatic rings. The highest BCUT2D eigenvalue weighted by Crippen LogP contribution is 2.18. The van der Waals surface area contributed by atoms with Crippen LogP contribution < -0.4 is 5.32 Å². The van der Waals surface area contributed by atoms with Crippen LogP contribution in [0.1, 0.15) is 41.0 Å². The number of methoxy groups -OCH3 is 1. The van der Waals surface area contributed by atoms with E-state index >= 15 is 0 Å². The third-order valence-corrected chi connectivity index (χ3v) is 4.10. The molecule has 19 heavy (non-hydrogen) atoms. The highest BCUT2D eigenvalue weighted by Gasteiger charge is 2.29. The fourth-order valence-electron chi connectivity index (χ4n) is 2.60. The number of hydrogen-bond donors (Lipinski definition) is 1. The Bertz CT molecular complexity index is 261. The third kappa shape index (κ3) is 5.78. The molecule has 1 rings (SSSR count). The van der Waals surface area contributed by atoms with Gasteiger partial charge in [-0.15, -0.1) is 0 Å². The Balaban J connectivity index is 2.37. The molecule has 1 fully saturated rings. The molecule has 0 radical (unpaired) electrons. The second-order valence-corrected chi connectivity index (χ2v) is 6.86. The van der Waals surface area contributed by atoms with Crippen LogP contribution in [0.5, 0.6) is 0 Å². The molecule has 4 nitrogen and oxygen atoms in total. The van der Waals surface area contributed by atoms with Crippen LogP contribution in [0.3, 0.4) is 0 Å². The summed E-state index contributed by atoms with van der Waals surface area (Å²) in [6.45, 7) is 15.9. The lowest BCUT2D eigenvalue weighted by molar-refractivity contribution is -0.0137. The topological polar surface area (TPSA) is 33.7 Å². The summed E-state index contributed by atoms with van der Waals surface area (Å²) in [5.41, 5.74) is 0.116. The minimum Gasteiger partial charge on any atom is -0.379 e. The van der Waals surface area contributed by atoms with E-state index in [0.717, 1.165) is 39.3 Å². The predicted molar refractivity (Wildman–Crippen MR) is 79.6 cm³/mol. The van der Waals surface area contributed by atoms with Crippen LogP contribution in [-0.4, -0.2) is 62.0 Å². The zero-order chi connectivity index (χ0) is 14.5. The van der Waals surface area contributed by atoms with Gasteiger partial charge in [-0.05, 0) is 41.0 Å². The van der Waals surface area contributed by atoms with E-state index in [-0.39, 0.29) is 11.1 Å². The maximum absolute atomic E-state index is 5.49. The van der Waals surface area contributed by atoms with E-state index in [0.29, 0.717) is 6.04 Å². The average molecular weight is 272 g/mol. The van der Waals surface area contributed by atoms with Gasteiger partial charge in [0.25, 0.3) is 0 Å². The first-order valence-electron chi connectivity index (χ1n) is 7.38. The summed E-state index contributed by atoms with van der Waals surface area (Å²) < 4.78 is 10.9. The van der Waals surface area contributed by atoms with E-state index < -0.39 is 0 Å². The van der Waals surface area contributed by atoms with E-state index in [9.17, 15) is 0 Å². The maximum Gasteiger partial charge on any atom is 0.0637 e. The van der Waals surface area contributed by atoms with Crippen molar-refractivity contribution in [1.82, 2.24) is 10.2 Å².